The van der Waals surface area contributed by atoms with E-state index in [9.17, 15) is 0 Å². The molecule has 3 rings (SSSR count). The van der Waals surface area contributed by atoms with Crippen molar-refractivity contribution in [3.8, 4) is 0 Å². The van der Waals surface area contributed by atoms with Crippen LogP contribution in [-0.2, 0) is 4.74 Å². The van der Waals surface area contributed by atoms with Crippen LogP contribution in [0.5, 0.6) is 0 Å². The van der Waals surface area contributed by atoms with Crippen LogP contribution in [0, 0.1) is 19.8 Å². The summed E-state index contributed by atoms with van der Waals surface area (Å²) < 4.78 is 5.84. The maximum atomic E-state index is 5.84. The molecule has 4 N–H and O–H groups in total. The van der Waals surface area contributed by atoms with E-state index in [1.165, 1.54) is 12.8 Å². The topological polar surface area (TPSA) is 85.1 Å². The van der Waals surface area contributed by atoms with Crippen LogP contribution < -0.4 is 16.6 Å². The van der Waals surface area contributed by atoms with Gasteiger partial charge in [0, 0.05) is 12.2 Å². The predicted molar refractivity (Wildman–Crippen MR) is 73.8 cm³/mol. The van der Waals surface area contributed by atoms with Crippen LogP contribution in [0.2, 0.25) is 0 Å². The Balaban J connectivity index is 1.80. The molecule has 2 unspecified atom stereocenters. The van der Waals surface area contributed by atoms with Crippen molar-refractivity contribution in [1.29, 1.82) is 0 Å². The Morgan fingerprint density at radius 3 is 2.58 bits per heavy atom. The number of ether oxygens (including phenoxy) is 1. The molecule has 1 aromatic heterocycles. The number of nitrogens with one attached hydrogen (secondary N) is 2. The van der Waals surface area contributed by atoms with Crippen molar-refractivity contribution in [3.63, 3.8) is 0 Å². The van der Waals surface area contributed by atoms with Crippen molar-refractivity contribution in [2.24, 2.45) is 11.8 Å². The molecule has 1 aliphatic heterocycles. The summed E-state index contributed by atoms with van der Waals surface area (Å²) in [5, 5.41) is 3.52. The van der Waals surface area contributed by atoms with E-state index in [2.05, 4.69) is 20.7 Å². The van der Waals surface area contributed by atoms with Gasteiger partial charge in [-0.25, -0.2) is 15.8 Å². The highest BCUT2D eigenvalue weighted by molar-refractivity contribution is 5.57. The molecule has 104 valence electrons. The Kier molecular flexibility index (Phi) is 3.28. The molecule has 2 fully saturated rings. The predicted octanol–water partition coefficient (Wildman–Crippen LogP) is 1.36. The number of nitrogens with two attached hydrogens (primary N) is 1. The second kappa shape index (κ2) is 4.94. The summed E-state index contributed by atoms with van der Waals surface area (Å²) in [7, 11) is 0. The number of aryl methyl sites for hydroxylation is 1. The van der Waals surface area contributed by atoms with E-state index in [0.29, 0.717) is 23.8 Å². The Morgan fingerprint density at radius 1 is 1.16 bits per heavy atom. The van der Waals surface area contributed by atoms with Crippen LogP contribution in [0.3, 0.4) is 0 Å². The van der Waals surface area contributed by atoms with Gasteiger partial charge in [0.15, 0.2) is 0 Å². The van der Waals surface area contributed by atoms with Crippen molar-refractivity contribution in [3.05, 3.63) is 11.4 Å². The smallest absolute Gasteiger partial charge is 0.148 e. The fraction of sp³-hybridized carbons (Fsp3) is 0.692. The van der Waals surface area contributed by atoms with Crippen LogP contribution in [0.1, 0.15) is 30.7 Å². The van der Waals surface area contributed by atoms with Crippen LogP contribution in [0.15, 0.2) is 0 Å². The summed E-state index contributed by atoms with van der Waals surface area (Å²) in [4.78, 5) is 8.76. The summed E-state index contributed by atoms with van der Waals surface area (Å²) in [6.07, 6.45) is 3.96. The van der Waals surface area contributed by atoms with Gasteiger partial charge in [-0.05, 0) is 39.0 Å². The molecule has 0 spiro atoms. The van der Waals surface area contributed by atoms with Gasteiger partial charge in [0.1, 0.15) is 17.5 Å². The Morgan fingerprint density at radius 2 is 1.89 bits per heavy atom. The first-order chi connectivity index (χ1) is 9.19. The number of hydrogen-bond acceptors (Lipinski definition) is 6. The molecule has 0 aromatic carbocycles. The normalized spacial score (nSPS) is 26.5. The van der Waals surface area contributed by atoms with Crippen LogP contribution in [0.25, 0.3) is 0 Å². The minimum absolute atomic E-state index is 0.337. The number of hydrazine groups is 1. The van der Waals surface area contributed by atoms with Crippen LogP contribution in [0.4, 0.5) is 11.6 Å². The Hall–Kier alpha value is -1.40. The molecular formula is C13H21N5O. The molecule has 0 radical (unpaired) electrons. The van der Waals surface area contributed by atoms with Gasteiger partial charge in [-0.3, -0.25) is 0 Å². The van der Waals surface area contributed by atoms with Gasteiger partial charge in [-0.2, -0.15) is 0 Å². The van der Waals surface area contributed by atoms with Gasteiger partial charge in [0.05, 0.1) is 12.1 Å². The van der Waals surface area contributed by atoms with Gasteiger partial charge >= 0.3 is 0 Å². The second-order valence-electron chi connectivity index (χ2n) is 5.45. The van der Waals surface area contributed by atoms with E-state index in [0.717, 1.165) is 30.3 Å². The standard InChI is InChI=1S/C13H21N5O/c1-7-12(15-8(2)16-13(7)18-14)17-10-5-6-19-11(10)9-3-4-9/h9-11H,3-6,14H2,1-2H3,(H2,15,16,17,18). The van der Waals surface area contributed by atoms with E-state index < -0.39 is 0 Å². The maximum absolute atomic E-state index is 5.84. The molecule has 6 nitrogen and oxygen atoms in total. The highest BCUT2D eigenvalue weighted by Crippen LogP contribution is 2.39. The van der Waals surface area contributed by atoms with E-state index in [1.807, 2.05) is 13.8 Å². The molecule has 2 atom stereocenters. The van der Waals surface area contributed by atoms with Crippen molar-refractivity contribution in [2.45, 2.75) is 45.3 Å². The van der Waals surface area contributed by atoms with Crippen molar-refractivity contribution >= 4 is 11.6 Å². The second-order valence-corrected chi connectivity index (χ2v) is 5.45. The molecule has 1 aliphatic carbocycles. The number of anilines is 2. The van der Waals surface area contributed by atoms with Crippen molar-refractivity contribution < 1.29 is 4.74 Å². The molecular weight excluding hydrogens is 242 g/mol. The van der Waals surface area contributed by atoms with Crippen LogP contribution in [-0.4, -0.2) is 28.7 Å². The summed E-state index contributed by atoms with van der Waals surface area (Å²) in [5.74, 6) is 8.47. The average Bonchev–Trinajstić information content (AvgIpc) is 3.14. The van der Waals surface area contributed by atoms with Gasteiger partial charge in [-0.1, -0.05) is 0 Å². The average molecular weight is 263 g/mol. The molecule has 19 heavy (non-hydrogen) atoms. The summed E-state index contributed by atoms with van der Waals surface area (Å²) in [5.41, 5.74) is 3.58. The first-order valence-corrected chi connectivity index (χ1v) is 6.89. The lowest BCUT2D eigenvalue weighted by Crippen LogP contribution is -2.32. The third-order valence-corrected chi connectivity index (χ3v) is 3.94. The van der Waals surface area contributed by atoms with Crippen LogP contribution >= 0.6 is 0 Å². The van der Waals surface area contributed by atoms with Gasteiger partial charge in [0.25, 0.3) is 0 Å². The fourth-order valence-corrected chi connectivity index (χ4v) is 2.74. The van der Waals surface area contributed by atoms with Gasteiger partial charge < -0.3 is 15.5 Å². The quantitative estimate of drug-likeness (QED) is 0.562. The maximum Gasteiger partial charge on any atom is 0.148 e. The van der Waals surface area contributed by atoms with Crippen molar-refractivity contribution in [2.75, 3.05) is 17.3 Å². The highest BCUT2D eigenvalue weighted by atomic mass is 16.5. The number of aromatic nitrogens is 2. The molecule has 0 bridgehead atoms. The third-order valence-electron chi connectivity index (χ3n) is 3.94. The zero-order chi connectivity index (χ0) is 13.4. The number of nitrogens with zero attached hydrogens (tertiary/aromatic N) is 2. The largest absolute Gasteiger partial charge is 0.376 e. The van der Waals surface area contributed by atoms with E-state index >= 15 is 0 Å². The molecule has 1 aromatic rings. The van der Waals surface area contributed by atoms with Gasteiger partial charge in [-0.15, -0.1) is 0 Å². The van der Waals surface area contributed by atoms with Gasteiger partial charge in [0.2, 0.25) is 0 Å². The molecule has 6 heteroatoms. The first kappa shape index (κ1) is 12.6. The fourth-order valence-electron chi connectivity index (χ4n) is 2.74. The molecule has 0 amide bonds. The SMILES string of the molecule is Cc1nc(NN)c(C)c(NC2CCOC2C2CC2)n1. The summed E-state index contributed by atoms with van der Waals surface area (Å²) in [6.45, 7) is 4.68. The summed E-state index contributed by atoms with van der Waals surface area (Å²) in [6, 6.07) is 0.353. The zero-order valence-electron chi connectivity index (χ0n) is 11.4. The number of rotatable bonds is 4. The zero-order valence-corrected chi connectivity index (χ0v) is 11.4. The molecule has 2 heterocycles. The van der Waals surface area contributed by atoms with Crippen molar-refractivity contribution in [1.82, 2.24) is 9.97 Å². The molecule has 2 aliphatic rings. The lowest BCUT2D eigenvalue weighted by atomic mass is 10.1. The molecule has 1 saturated carbocycles. The number of nitrogen functional groups attached to an aromatic ring is 1. The third kappa shape index (κ3) is 2.50. The van der Waals surface area contributed by atoms with E-state index in [1.54, 1.807) is 0 Å². The first-order valence-electron chi connectivity index (χ1n) is 6.89. The summed E-state index contributed by atoms with van der Waals surface area (Å²) >= 11 is 0. The minimum Gasteiger partial charge on any atom is -0.376 e. The lowest BCUT2D eigenvalue weighted by molar-refractivity contribution is 0.0898. The Bertz CT molecular complexity index is 474. The minimum atomic E-state index is 0.337. The van der Waals surface area contributed by atoms with E-state index in [-0.39, 0.29) is 0 Å². The van der Waals surface area contributed by atoms with E-state index in [4.69, 9.17) is 10.6 Å². The molecule has 1 saturated heterocycles. The number of hydrogen-bond donors (Lipinski definition) is 3. The lowest BCUT2D eigenvalue weighted by Gasteiger charge is -2.21. The highest BCUT2D eigenvalue weighted by Gasteiger charge is 2.40. The Labute approximate surface area is 113 Å². The monoisotopic (exact) mass is 263 g/mol.